The van der Waals surface area contributed by atoms with E-state index in [-0.39, 0.29) is 5.96 Å². The molecule has 0 aromatic heterocycles. The second-order valence-corrected chi connectivity index (χ2v) is 2.60. The predicted molar refractivity (Wildman–Crippen MR) is 58.3 cm³/mol. The predicted octanol–water partition coefficient (Wildman–Crippen LogP) is -0.960. The molecule has 0 aliphatic carbocycles. The molecule has 0 amide bonds. The van der Waals surface area contributed by atoms with Gasteiger partial charge in [-0.25, -0.2) is 0 Å². The highest BCUT2D eigenvalue weighted by molar-refractivity contribution is 5.76. The molecule has 0 radical (unpaired) electrons. The zero-order valence-electron chi connectivity index (χ0n) is 7.72. The van der Waals surface area contributed by atoms with Gasteiger partial charge < -0.3 is 11.5 Å². The molecule has 14 heavy (non-hydrogen) atoms. The summed E-state index contributed by atoms with van der Waals surface area (Å²) in [5.41, 5.74) is 11.3. The molecule has 0 unspecified atom stereocenters. The molecule has 0 bridgehead atoms. The molecule has 4 nitrogen and oxygen atoms in total. The highest BCUT2D eigenvalue weighted by Gasteiger charge is 1.82. The van der Waals surface area contributed by atoms with Crippen LogP contribution in [0, 0.1) is 0 Å². The van der Waals surface area contributed by atoms with E-state index in [1.807, 2.05) is 42.5 Å². The summed E-state index contributed by atoms with van der Waals surface area (Å²) in [5.74, 6) is 0.00867. The lowest BCUT2D eigenvalue weighted by atomic mass is 10.2. The fraction of sp³-hybridized carbons (Fsp3) is 0. The summed E-state index contributed by atoms with van der Waals surface area (Å²) in [5, 5.41) is 6.15. The van der Waals surface area contributed by atoms with Crippen molar-refractivity contribution in [3.8, 4) is 0 Å². The minimum Gasteiger partial charge on any atom is -0.365 e. The number of guanidine groups is 1. The number of benzene rings is 1. The highest BCUT2D eigenvalue weighted by Crippen LogP contribution is 1.99. The number of hydrazone groups is 1. The quantitative estimate of drug-likeness (QED) is 0.325. The number of nitrogens with one attached hydrogen (secondary N) is 1. The Balaban J connectivity index is 2.50. The van der Waals surface area contributed by atoms with Gasteiger partial charge in [0.05, 0.1) is 0 Å². The van der Waals surface area contributed by atoms with Crippen LogP contribution in [0.1, 0.15) is 5.56 Å². The molecule has 0 spiro atoms. The molecular formula is C10H13N4+. The summed E-state index contributed by atoms with van der Waals surface area (Å²) in [6, 6.07) is 9.93. The second kappa shape index (κ2) is 5.53. The van der Waals surface area contributed by atoms with E-state index in [4.69, 9.17) is 11.5 Å². The number of nitrogens with two attached hydrogens (primary N) is 2. The van der Waals surface area contributed by atoms with E-state index in [0.717, 1.165) is 5.56 Å². The van der Waals surface area contributed by atoms with Gasteiger partial charge in [-0.1, -0.05) is 30.3 Å². The van der Waals surface area contributed by atoms with Crippen LogP contribution in [-0.2, 0) is 0 Å². The third-order valence-corrected chi connectivity index (χ3v) is 1.45. The van der Waals surface area contributed by atoms with E-state index in [2.05, 4.69) is 10.2 Å². The van der Waals surface area contributed by atoms with Crippen LogP contribution in [0.25, 0.3) is 6.08 Å². The largest absolute Gasteiger partial charge is 0.365 e. The van der Waals surface area contributed by atoms with Gasteiger partial charge in [-0.3, -0.25) is 0 Å². The van der Waals surface area contributed by atoms with E-state index < -0.39 is 0 Å². The lowest BCUT2D eigenvalue weighted by Gasteiger charge is -1.86. The zero-order chi connectivity index (χ0) is 10.2. The van der Waals surface area contributed by atoms with Crippen LogP contribution >= 0.6 is 0 Å². The number of rotatable bonds is 3. The average Bonchev–Trinajstić information content (AvgIpc) is 2.18. The molecule has 0 aliphatic heterocycles. The van der Waals surface area contributed by atoms with Crippen molar-refractivity contribution in [2.75, 3.05) is 0 Å². The van der Waals surface area contributed by atoms with E-state index in [9.17, 15) is 0 Å². The zero-order valence-corrected chi connectivity index (χ0v) is 7.72. The highest BCUT2D eigenvalue weighted by atomic mass is 15.3. The molecule has 0 heterocycles. The van der Waals surface area contributed by atoms with Gasteiger partial charge in [-0.05, 0) is 11.6 Å². The molecule has 72 valence electrons. The van der Waals surface area contributed by atoms with Crippen LogP contribution in [0.15, 0.2) is 41.5 Å². The smallest absolute Gasteiger partial charge is 0.256 e. The van der Waals surface area contributed by atoms with Gasteiger partial charge in [0, 0.05) is 11.2 Å². The minimum absolute atomic E-state index is 0.00867. The fourth-order valence-electron chi connectivity index (χ4n) is 0.878. The third-order valence-electron chi connectivity index (χ3n) is 1.45. The lowest BCUT2D eigenvalue weighted by Crippen LogP contribution is -2.63. The molecule has 0 fully saturated rings. The van der Waals surface area contributed by atoms with Crippen molar-refractivity contribution in [1.29, 1.82) is 0 Å². The molecule has 1 rings (SSSR count). The maximum Gasteiger partial charge on any atom is 0.256 e. The van der Waals surface area contributed by atoms with Crippen LogP contribution in [0.5, 0.6) is 0 Å². The number of allylic oxidation sites excluding steroid dienone is 1. The van der Waals surface area contributed by atoms with Gasteiger partial charge in [-0.2, -0.15) is 0 Å². The van der Waals surface area contributed by atoms with Gasteiger partial charge >= 0.3 is 0 Å². The molecule has 4 heteroatoms. The van der Waals surface area contributed by atoms with Crippen LogP contribution in [0.4, 0.5) is 0 Å². The van der Waals surface area contributed by atoms with Gasteiger partial charge in [-0.15, -0.1) is 5.10 Å². The number of nitrogens with zero attached hydrogens (tertiary/aromatic N) is 1. The second-order valence-electron chi connectivity index (χ2n) is 2.60. The average molecular weight is 189 g/mol. The van der Waals surface area contributed by atoms with E-state index in [1.54, 1.807) is 6.21 Å². The topological polar surface area (TPSA) is 78.4 Å². The first-order valence-electron chi connectivity index (χ1n) is 4.18. The van der Waals surface area contributed by atoms with Crippen molar-refractivity contribution in [2.45, 2.75) is 0 Å². The van der Waals surface area contributed by atoms with Gasteiger partial charge in [0.25, 0.3) is 5.96 Å². The van der Waals surface area contributed by atoms with E-state index in [1.165, 1.54) is 0 Å². The summed E-state index contributed by atoms with van der Waals surface area (Å²) >= 11 is 0. The Kier molecular flexibility index (Phi) is 3.94. The van der Waals surface area contributed by atoms with Gasteiger partial charge in [0.15, 0.2) is 6.21 Å². The molecule has 1 aromatic carbocycles. The Hall–Kier alpha value is -2.10. The van der Waals surface area contributed by atoms with Crippen LogP contribution in [0.2, 0.25) is 0 Å². The Morgan fingerprint density at radius 2 is 1.93 bits per heavy atom. The monoisotopic (exact) mass is 189 g/mol. The van der Waals surface area contributed by atoms with Crippen molar-refractivity contribution in [3.05, 3.63) is 42.0 Å². The van der Waals surface area contributed by atoms with Crippen molar-refractivity contribution < 1.29 is 5.10 Å². The summed E-state index contributed by atoms with van der Waals surface area (Å²) in [6.45, 7) is 0. The Morgan fingerprint density at radius 1 is 1.21 bits per heavy atom. The van der Waals surface area contributed by atoms with Crippen LogP contribution in [-0.4, -0.2) is 12.2 Å². The normalized spacial score (nSPS) is 10.9. The standard InChI is InChI=1S/C10H12N4/c11-10(12)14-13-8-4-7-9-5-2-1-3-6-9/h1-8H,(H4,11,12,14)/p+1/b7-4+,13-8+. The third kappa shape index (κ3) is 4.06. The molecule has 5 N–H and O–H groups in total. The number of hydrogen-bond donors (Lipinski definition) is 3. The van der Waals surface area contributed by atoms with Gasteiger partial charge in [0.1, 0.15) is 0 Å². The number of hydrogen-bond acceptors (Lipinski definition) is 1. The molecule has 0 aliphatic rings. The lowest BCUT2D eigenvalue weighted by molar-refractivity contribution is -0.456. The first kappa shape index (κ1) is 9.98. The van der Waals surface area contributed by atoms with E-state index >= 15 is 0 Å². The van der Waals surface area contributed by atoms with Gasteiger partial charge in [0.2, 0.25) is 0 Å². The Bertz CT molecular complexity index is 348. The maximum absolute atomic E-state index is 5.11. The summed E-state index contributed by atoms with van der Waals surface area (Å²) in [6.07, 6.45) is 5.41. The van der Waals surface area contributed by atoms with Crippen LogP contribution in [0.3, 0.4) is 0 Å². The maximum atomic E-state index is 5.11. The Morgan fingerprint density at radius 3 is 2.57 bits per heavy atom. The molecule has 0 atom stereocenters. The minimum atomic E-state index is 0.00867. The summed E-state index contributed by atoms with van der Waals surface area (Å²) in [7, 11) is 0. The summed E-state index contributed by atoms with van der Waals surface area (Å²) in [4.78, 5) is 0. The van der Waals surface area contributed by atoms with Crippen LogP contribution < -0.4 is 16.6 Å². The van der Waals surface area contributed by atoms with Crippen molar-refractivity contribution in [2.24, 2.45) is 16.6 Å². The Labute approximate surface area is 82.6 Å². The van der Waals surface area contributed by atoms with Crippen molar-refractivity contribution in [1.82, 2.24) is 0 Å². The molecule has 1 aromatic rings. The van der Waals surface area contributed by atoms with Crippen molar-refractivity contribution in [3.63, 3.8) is 0 Å². The van der Waals surface area contributed by atoms with Crippen molar-refractivity contribution >= 4 is 18.3 Å². The molecule has 0 saturated heterocycles. The SMILES string of the molecule is NC(N)=N/[NH+]=C/C=C/c1ccccc1. The first-order chi connectivity index (χ1) is 6.79. The fourth-order valence-corrected chi connectivity index (χ4v) is 0.878. The summed E-state index contributed by atoms with van der Waals surface area (Å²) < 4.78 is 0. The first-order valence-corrected chi connectivity index (χ1v) is 4.18. The molecular weight excluding hydrogens is 176 g/mol. The molecule has 0 saturated carbocycles. The van der Waals surface area contributed by atoms with E-state index in [0.29, 0.717) is 0 Å².